The van der Waals surface area contributed by atoms with Crippen LogP contribution in [0.1, 0.15) is 55.8 Å². The molecule has 1 saturated carbocycles. The Hall–Kier alpha value is -0.820. The molecule has 0 amide bonds. The molecule has 2 atom stereocenters. The van der Waals surface area contributed by atoms with Crippen LogP contribution >= 0.6 is 0 Å². The van der Waals surface area contributed by atoms with Gasteiger partial charge < -0.3 is 5.73 Å². The van der Waals surface area contributed by atoms with Crippen LogP contribution in [0.5, 0.6) is 0 Å². The topological polar surface area (TPSA) is 26.0 Å². The molecule has 1 aromatic carbocycles. The minimum absolute atomic E-state index is 0.247. The molecule has 17 heavy (non-hydrogen) atoms. The number of nitrogens with two attached hydrogens (primary N) is 1. The van der Waals surface area contributed by atoms with Crippen molar-refractivity contribution in [1.82, 2.24) is 0 Å². The predicted octanol–water partition coefficient (Wildman–Crippen LogP) is 3.61. The van der Waals surface area contributed by atoms with Gasteiger partial charge in [-0.05, 0) is 60.1 Å². The molecule has 0 spiro atoms. The number of benzene rings is 1. The fourth-order valence-electron chi connectivity index (χ4n) is 3.31. The summed E-state index contributed by atoms with van der Waals surface area (Å²) in [7, 11) is 0. The zero-order valence-corrected chi connectivity index (χ0v) is 11.0. The molecule has 0 aliphatic heterocycles. The highest BCUT2D eigenvalue weighted by Crippen LogP contribution is 2.57. The second kappa shape index (κ2) is 3.84. The number of fused-ring (bicyclic) bond motifs is 1. The van der Waals surface area contributed by atoms with Crippen LogP contribution in [0.2, 0.25) is 0 Å². The van der Waals surface area contributed by atoms with Crippen molar-refractivity contribution in [3.8, 4) is 0 Å². The van der Waals surface area contributed by atoms with Crippen LogP contribution in [-0.4, -0.2) is 0 Å². The Balaban J connectivity index is 1.84. The fraction of sp³-hybridized carbons (Fsp3) is 0.625. The van der Waals surface area contributed by atoms with Gasteiger partial charge in [0.2, 0.25) is 0 Å². The first-order valence-electron chi connectivity index (χ1n) is 6.95. The van der Waals surface area contributed by atoms with E-state index in [9.17, 15) is 0 Å². The van der Waals surface area contributed by atoms with Crippen molar-refractivity contribution in [3.05, 3.63) is 34.9 Å². The first-order valence-corrected chi connectivity index (χ1v) is 6.95. The summed E-state index contributed by atoms with van der Waals surface area (Å²) >= 11 is 0. The molecule has 0 bridgehead atoms. The summed E-state index contributed by atoms with van der Waals surface area (Å²) < 4.78 is 0. The Morgan fingerprint density at radius 1 is 1.18 bits per heavy atom. The molecule has 2 N–H and O–H groups in total. The summed E-state index contributed by atoms with van der Waals surface area (Å²) in [5, 5.41) is 0. The van der Waals surface area contributed by atoms with Crippen LogP contribution < -0.4 is 5.73 Å². The molecule has 1 heteroatoms. The van der Waals surface area contributed by atoms with Gasteiger partial charge in [0.05, 0.1) is 0 Å². The van der Waals surface area contributed by atoms with Gasteiger partial charge in [-0.3, -0.25) is 0 Å². The van der Waals surface area contributed by atoms with E-state index in [1.165, 1.54) is 37.7 Å². The van der Waals surface area contributed by atoms with Crippen molar-refractivity contribution in [2.75, 3.05) is 0 Å². The highest BCUT2D eigenvalue weighted by Gasteiger charge is 2.49. The fourth-order valence-corrected chi connectivity index (χ4v) is 3.31. The van der Waals surface area contributed by atoms with Crippen molar-refractivity contribution in [3.63, 3.8) is 0 Å². The second-order valence-corrected chi connectivity index (χ2v) is 6.56. The summed E-state index contributed by atoms with van der Waals surface area (Å²) in [5.41, 5.74) is 11.4. The van der Waals surface area contributed by atoms with Crippen molar-refractivity contribution < 1.29 is 0 Å². The van der Waals surface area contributed by atoms with Crippen molar-refractivity contribution in [2.45, 2.75) is 52.0 Å². The first-order chi connectivity index (χ1) is 8.08. The van der Waals surface area contributed by atoms with Crippen molar-refractivity contribution >= 4 is 0 Å². The lowest BCUT2D eigenvalue weighted by molar-refractivity contribution is 0.491. The summed E-state index contributed by atoms with van der Waals surface area (Å²) in [6.45, 7) is 4.66. The van der Waals surface area contributed by atoms with E-state index >= 15 is 0 Å². The lowest BCUT2D eigenvalue weighted by Gasteiger charge is -2.20. The Kier molecular flexibility index (Phi) is 2.55. The Morgan fingerprint density at radius 2 is 1.82 bits per heavy atom. The van der Waals surface area contributed by atoms with Gasteiger partial charge in [-0.2, -0.15) is 0 Å². The van der Waals surface area contributed by atoms with E-state index in [1.807, 2.05) is 0 Å². The van der Waals surface area contributed by atoms with E-state index in [0.717, 1.165) is 0 Å². The highest BCUT2D eigenvalue weighted by molar-refractivity contribution is 5.36. The minimum Gasteiger partial charge on any atom is -0.324 e. The summed E-state index contributed by atoms with van der Waals surface area (Å²) in [5.74, 6) is 0.684. The Labute approximate surface area is 104 Å². The molecule has 92 valence electrons. The van der Waals surface area contributed by atoms with Gasteiger partial charge in [0.25, 0.3) is 0 Å². The van der Waals surface area contributed by atoms with Crippen LogP contribution in [0, 0.1) is 11.3 Å². The molecule has 0 radical (unpaired) electrons. The molecule has 2 aliphatic rings. The van der Waals surface area contributed by atoms with Crippen molar-refractivity contribution in [2.24, 2.45) is 17.1 Å². The van der Waals surface area contributed by atoms with E-state index in [1.54, 1.807) is 11.1 Å². The van der Waals surface area contributed by atoms with E-state index < -0.39 is 0 Å². The van der Waals surface area contributed by atoms with Crippen LogP contribution in [-0.2, 0) is 12.8 Å². The zero-order chi connectivity index (χ0) is 12.0. The average molecular weight is 229 g/mol. The lowest BCUT2D eigenvalue weighted by atomic mass is 9.88. The summed E-state index contributed by atoms with van der Waals surface area (Å²) in [6.07, 6.45) is 6.50. The summed E-state index contributed by atoms with van der Waals surface area (Å²) in [6, 6.07) is 7.22. The Morgan fingerprint density at radius 3 is 2.47 bits per heavy atom. The van der Waals surface area contributed by atoms with E-state index in [2.05, 4.69) is 32.0 Å². The molecule has 2 unspecified atom stereocenters. The maximum Gasteiger partial charge on any atom is 0.0328 e. The summed E-state index contributed by atoms with van der Waals surface area (Å²) in [4.78, 5) is 0. The molecule has 1 nitrogen and oxygen atoms in total. The van der Waals surface area contributed by atoms with Gasteiger partial charge in [-0.1, -0.05) is 32.0 Å². The number of hydrogen-bond acceptors (Lipinski definition) is 1. The Bertz CT molecular complexity index is 433. The van der Waals surface area contributed by atoms with Crippen LogP contribution in [0.3, 0.4) is 0 Å². The van der Waals surface area contributed by atoms with Crippen LogP contribution in [0.15, 0.2) is 18.2 Å². The van der Waals surface area contributed by atoms with Gasteiger partial charge in [-0.25, -0.2) is 0 Å². The maximum absolute atomic E-state index is 6.41. The third-order valence-corrected chi connectivity index (χ3v) is 4.78. The SMILES string of the molecule is CC1(C)CC1C(N)c1ccc2c(c1)CCCC2. The molecule has 0 saturated heterocycles. The maximum atomic E-state index is 6.41. The van der Waals surface area contributed by atoms with Crippen molar-refractivity contribution in [1.29, 1.82) is 0 Å². The number of aryl methyl sites for hydroxylation is 2. The molecule has 1 aromatic rings. The molecular formula is C16H23N. The first kappa shape index (κ1) is 11.3. The van der Waals surface area contributed by atoms with Gasteiger partial charge in [0, 0.05) is 6.04 Å². The molecular weight excluding hydrogens is 206 g/mol. The average Bonchev–Trinajstić information content (AvgIpc) is 2.97. The van der Waals surface area contributed by atoms with E-state index in [0.29, 0.717) is 11.3 Å². The molecule has 0 aromatic heterocycles. The van der Waals surface area contributed by atoms with Crippen LogP contribution in [0.25, 0.3) is 0 Å². The molecule has 0 heterocycles. The van der Waals surface area contributed by atoms with Gasteiger partial charge >= 0.3 is 0 Å². The highest BCUT2D eigenvalue weighted by atomic mass is 14.7. The lowest BCUT2D eigenvalue weighted by Crippen LogP contribution is -2.16. The molecule has 1 fully saturated rings. The molecule has 3 rings (SSSR count). The van der Waals surface area contributed by atoms with Gasteiger partial charge in [0.1, 0.15) is 0 Å². The third-order valence-electron chi connectivity index (χ3n) is 4.78. The van der Waals surface area contributed by atoms with Crippen LogP contribution in [0.4, 0.5) is 0 Å². The largest absolute Gasteiger partial charge is 0.324 e. The van der Waals surface area contributed by atoms with Gasteiger partial charge in [0.15, 0.2) is 0 Å². The minimum atomic E-state index is 0.247. The standard InChI is InChI=1S/C16H23N/c1-16(2)10-14(16)15(17)13-8-7-11-5-3-4-6-12(11)9-13/h7-9,14-15H,3-6,10,17H2,1-2H3. The molecule has 2 aliphatic carbocycles. The monoisotopic (exact) mass is 229 g/mol. The van der Waals surface area contributed by atoms with E-state index in [4.69, 9.17) is 5.73 Å². The zero-order valence-electron chi connectivity index (χ0n) is 11.0. The van der Waals surface area contributed by atoms with Gasteiger partial charge in [-0.15, -0.1) is 0 Å². The number of rotatable bonds is 2. The third kappa shape index (κ3) is 2.01. The quantitative estimate of drug-likeness (QED) is 0.823. The predicted molar refractivity (Wildman–Crippen MR) is 71.9 cm³/mol. The normalized spacial score (nSPS) is 27.4. The smallest absolute Gasteiger partial charge is 0.0328 e. The number of hydrogen-bond donors (Lipinski definition) is 1. The second-order valence-electron chi connectivity index (χ2n) is 6.56. The van der Waals surface area contributed by atoms with E-state index in [-0.39, 0.29) is 6.04 Å².